The molecule has 5 nitrogen and oxygen atoms in total. The maximum Gasteiger partial charge on any atom is 0.573 e. The van der Waals surface area contributed by atoms with E-state index in [0.29, 0.717) is 22.9 Å². The summed E-state index contributed by atoms with van der Waals surface area (Å²) < 4.78 is 39.8. The normalized spacial score (nSPS) is 11.0. The van der Waals surface area contributed by atoms with Crippen molar-refractivity contribution < 1.29 is 22.7 Å². The summed E-state index contributed by atoms with van der Waals surface area (Å²) in [6.07, 6.45) is -3.79. The Balaban J connectivity index is 1.76. The number of halogens is 4. The number of pyridine rings is 1. The van der Waals surface area contributed by atoms with Gasteiger partial charge in [0, 0.05) is 13.1 Å². The molecule has 24 heavy (non-hydrogen) atoms. The molecule has 0 fully saturated rings. The lowest BCUT2D eigenvalue weighted by Crippen LogP contribution is -2.29. The number of benzene rings is 1. The van der Waals surface area contributed by atoms with E-state index in [-0.39, 0.29) is 12.5 Å². The number of hydrogen-bond acceptors (Lipinski definition) is 4. The zero-order chi connectivity index (χ0) is 17.6. The van der Waals surface area contributed by atoms with E-state index in [0.717, 1.165) is 12.3 Å². The van der Waals surface area contributed by atoms with Gasteiger partial charge in [-0.15, -0.1) is 13.2 Å². The fraction of sp³-hybridized carbons (Fsp3) is 0.200. The van der Waals surface area contributed by atoms with Crippen molar-refractivity contribution in [2.24, 2.45) is 0 Å². The first-order valence-electron chi connectivity index (χ1n) is 6.83. The molecule has 2 N–H and O–H groups in total. The van der Waals surface area contributed by atoms with Gasteiger partial charge in [-0.1, -0.05) is 23.7 Å². The quantitative estimate of drug-likeness (QED) is 0.775. The molecule has 9 heteroatoms. The number of alkyl halides is 3. The molecule has 2 rings (SSSR count). The average molecular weight is 360 g/mol. The van der Waals surface area contributed by atoms with Gasteiger partial charge in [0.15, 0.2) is 0 Å². The topological polar surface area (TPSA) is 63.2 Å². The maximum absolute atomic E-state index is 12.0. The van der Waals surface area contributed by atoms with E-state index in [4.69, 9.17) is 11.6 Å². The molecule has 128 valence electrons. The number of anilines is 1. The third-order valence-corrected chi connectivity index (χ3v) is 3.13. The van der Waals surface area contributed by atoms with E-state index in [1.54, 1.807) is 24.3 Å². The molecule has 1 aromatic heterocycles. The lowest BCUT2D eigenvalue weighted by molar-refractivity contribution is -0.274. The second-order valence-electron chi connectivity index (χ2n) is 4.59. The summed E-state index contributed by atoms with van der Waals surface area (Å²) in [6.45, 7) is 0.620. The molecule has 0 aliphatic carbocycles. The molecule has 0 saturated heterocycles. The van der Waals surface area contributed by atoms with Crippen LogP contribution in [0.2, 0.25) is 5.02 Å². The van der Waals surface area contributed by atoms with Gasteiger partial charge in [-0.05, 0) is 24.3 Å². The van der Waals surface area contributed by atoms with Gasteiger partial charge in [-0.2, -0.15) is 0 Å². The van der Waals surface area contributed by atoms with Crippen LogP contribution in [0.1, 0.15) is 10.4 Å². The third-order valence-electron chi connectivity index (χ3n) is 2.81. The van der Waals surface area contributed by atoms with Gasteiger partial charge in [0.2, 0.25) is 0 Å². The standard InChI is InChI=1S/C15H13ClF3N3O2/c16-12-4-2-1-3-11(12)14(23)21-8-7-20-13-6-5-10(9-22-13)24-15(17,18)19/h1-6,9H,7-8H2,(H,20,22)(H,21,23). The van der Waals surface area contributed by atoms with Crippen molar-refractivity contribution in [1.29, 1.82) is 0 Å². The monoisotopic (exact) mass is 359 g/mol. The molecule has 0 radical (unpaired) electrons. The second-order valence-corrected chi connectivity index (χ2v) is 5.00. The number of aromatic nitrogens is 1. The van der Waals surface area contributed by atoms with Gasteiger partial charge in [0.1, 0.15) is 11.6 Å². The van der Waals surface area contributed by atoms with Crippen LogP contribution in [0.4, 0.5) is 19.0 Å². The summed E-state index contributed by atoms with van der Waals surface area (Å²) in [5.41, 5.74) is 0.367. The minimum absolute atomic E-state index is 0.284. The Labute approximate surface area is 140 Å². The van der Waals surface area contributed by atoms with Crippen LogP contribution < -0.4 is 15.4 Å². The first-order chi connectivity index (χ1) is 11.3. The smallest absolute Gasteiger partial charge is 0.404 e. The van der Waals surface area contributed by atoms with Crippen molar-refractivity contribution in [3.63, 3.8) is 0 Å². The number of hydrogen-bond donors (Lipinski definition) is 2. The molecule has 0 saturated carbocycles. The summed E-state index contributed by atoms with van der Waals surface area (Å²) in [4.78, 5) is 15.7. The van der Waals surface area contributed by atoms with Crippen LogP contribution in [0.15, 0.2) is 42.6 Å². The Morgan fingerprint density at radius 2 is 1.92 bits per heavy atom. The van der Waals surface area contributed by atoms with Gasteiger partial charge >= 0.3 is 6.36 Å². The number of carbonyl (C=O) groups excluding carboxylic acids is 1. The van der Waals surface area contributed by atoms with Gasteiger partial charge < -0.3 is 15.4 Å². The van der Waals surface area contributed by atoms with Crippen molar-refractivity contribution in [3.8, 4) is 5.75 Å². The summed E-state index contributed by atoms with van der Waals surface area (Å²) in [5.74, 6) is -0.360. The van der Waals surface area contributed by atoms with Gasteiger partial charge in [0.25, 0.3) is 5.91 Å². The molecule has 0 unspecified atom stereocenters. The van der Waals surface area contributed by atoms with Gasteiger partial charge in [-0.25, -0.2) is 4.98 Å². The lowest BCUT2D eigenvalue weighted by atomic mass is 10.2. The molecule has 0 spiro atoms. The third kappa shape index (κ3) is 5.62. The Kier molecular flexibility index (Phi) is 5.86. The number of ether oxygens (including phenoxy) is 1. The highest BCUT2D eigenvalue weighted by molar-refractivity contribution is 6.33. The molecule has 0 bridgehead atoms. The number of carbonyl (C=O) groups is 1. The lowest BCUT2D eigenvalue weighted by Gasteiger charge is -2.10. The van der Waals surface area contributed by atoms with E-state index >= 15 is 0 Å². The van der Waals surface area contributed by atoms with E-state index in [1.165, 1.54) is 6.07 Å². The second kappa shape index (κ2) is 7.87. The Bertz CT molecular complexity index is 693. The van der Waals surface area contributed by atoms with Crippen molar-refractivity contribution in [3.05, 3.63) is 53.2 Å². The molecular weight excluding hydrogens is 347 g/mol. The molecule has 1 heterocycles. The number of rotatable bonds is 6. The average Bonchev–Trinajstić information content (AvgIpc) is 2.52. The summed E-state index contributed by atoms with van der Waals surface area (Å²) in [7, 11) is 0. The highest BCUT2D eigenvalue weighted by Crippen LogP contribution is 2.22. The van der Waals surface area contributed by atoms with E-state index in [2.05, 4.69) is 20.4 Å². The highest BCUT2D eigenvalue weighted by Gasteiger charge is 2.31. The number of nitrogens with zero attached hydrogens (tertiary/aromatic N) is 1. The fourth-order valence-corrected chi connectivity index (χ4v) is 2.01. The van der Waals surface area contributed by atoms with Crippen molar-refractivity contribution in [2.75, 3.05) is 18.4 Å². The van der Waals surface area contributed by atoms with Crippen LogP contribution in [0.25, 0.3) is 0 Å². The van der Waals surface area contributed by atoms with Gasteiger partial charge in [-0.3, -0.25) is 4.79 Å². The van der Waals surface area contributed by atoms with Crippen LogP contribution in [0, 0.1) is 0 Å². The largest absolute Gasteiger partial charge is 0.573 e. The Hall–Kier alpha value is -2.48. The molecule has 1 amide bonds. The highest BCUT2D eigenvalue weighted by atomic mass is 35.5. The molecule has 1 aromatic carbocycles. The Morgan fingerprint density at radius 1 is 1.17 bits per heavy atom. The number of nitrogens with one attached hydrogen (secondary N) is 2. The fourth-order valence-electron chi connectivity index (χ4n) is 1.79. The molecular formula is C15H13ClF3N3O2. The van der Waals surface area contributed by atoms with E-state index in [9.17, 15) is 18.0 Å². The summed E-state index contributed by atoms with van der Waals surface area (Å²) in [6, 6.07) is 9.13. The minimum Gasteiger partial charge on any atom is -0.404 e. The van der Waals surface area contributed by atoms with Crippen molar-refractivity contribution in [2.45, 2.75) is 6.36 Å². The minimum atomic E-state index is -4.75. The zero-order valence-corrected chi connectivity index (χ0v) is 13.0. The molecule has 0 aliphatic heterocycles. The van der Waals surface area contributed by atoms with E-state index < -0.39 is 12.1 Å². The van der Waals surface area contributed by atoms with Crippen LogP contribution in [0.3, 0.4) is 0 Å². The molecule has 0 atom stereocenters. The van der Waals surface area contributed by atoms with Gasteiger partial charge in [0.05, 0.1) is 16.8 Å². The first kappa shape index (κ1) is 17.9. The van der Waals surface area contributed by atoms with Crippen LogP contribution in [0.5, 0.6) is 5.75 Å². The zero-order valence-electron chi connectivity index (χ0n) is 12.2. The first-order valence-corrected chi connectivity index (χ1v) is 7.21. The maximum atomic E-state index is 12.0. The molecule has 0 aliphatic rings. The summed E-state index contributed by atoms with van der Waals surface area (Å²) >= 11 is 5.91. The predicted octanol–water partition coefficient (Wildman–Crippen LogP) is 3.48. The number of amides is 1. The van der Waals surface area contributed by atoms with Crippen molar-refractivity contribution >= 4 is 23.3 Å². The molecule has 2 aromatic rings. The van der Waals surface area contributed by atoms with Crippen molar-refractivity contribution in [1.82, 2.24) is 10.3 Å². The van der Waals surface area contributed by atoms with Crippen LogP contribution in [-0.4, -0.2) is 30.3 Å². The van der Waals surface area contributed by atoms with E-state index in [1.807, 2.05) is 0 Å². The SMILES string of the molecule is O=C(NCCNc1ccc(OC(F)(F)F)cn1)c1ccccc1Cl. The van der Waals surface area contributed by atoms with Crippen LogP contribution >= 0.6 is 11.6 Å². The predicted molar refractivity (Wildman–Crippen MR) is 83.2 cm³/mol. The Morgan fingerprint density at radius 3 is 2.54 bits per heavy atom. The summed E-state index contributed by atoms with van der Waals surface area (Å²) in [5, 5.41) is 5.88. The van der Waals surface area contributed by atoms with Crippen LogP contribution in [-0.2, 0) is 0 Å².